The first-order valence-corrected chi connectivity index (χ1v) is 7.92. The molecule has 0 fully saturated rings. The quantitative estimate of drug-likeness (QED) is 0.595. The summed E-state index contributed by atoms with van der Waals surface area (Å²) in [6, 6.07) is 10.4. The summed E-state index contributed by atoms with van der Waals surface area (Å²) in [7, 11) is 0. The van der Waals surface area contributed by atoms with Crippen molar-refractivity contribution in [3.05, 3.63) is 58.6 Å². The monoisotopic (exact) mass is 303 g/mol. The highest BCUT2D eigenvalue weighted by Gasteiger charge is 2.09. The van der Waals surface area contributed by atoms with Gasteiger partial charge in [-0.2, -0.15) is 0 Å². The van der Waals surface area contributed by atoms with Gasteiger partial charge in [0.2, 0.25) is 0 Å². The Kier molecular flexibility index (Phi) is 6.64. The zero-order valence-electron chi connectivity index (χ0n) is 12.5. The van der Waals surface area contributed by atoms with Crippen LogP contribution in [0.1, 0.15) is 36.6 Å². The summed E-state index contributed by atoms with van der Waals surface area (Å²) in [6.45, 7) is 3.93. The van der Waals surface area contributed by atoms with Crippen molar-refractivity contribution >= 4 is 11.6 Å². The van der Waals surface area contributed by atoms with E-state index in [1.54, 1.807) is 6.33 Å². The number of aryl methyl sites for hydroxylation is 1. The Morgan fingerprint density at radius 2 is 1.90 bits per heavy atom. The first-order valence-electron chi connectivity index (χ1n) is 7.54. The van der Waals surface area contributed by atoms with E-state index < -0.39 is 0 Å². The van der Waals surface area contributed by atoms with E-state index in [-0.39, 0.29) is 0 Å². The van der Waals surface area contributed by atoms with Crippen molar-refractivity contribution in [2.24, 2.45) is 0 Å². The molecule has 0 amide bonds. The van der Waals surface area contributed by atoms with Crippen LogP contribution in [-0.4, -0.2) is 16.5 Å². The van der Waals surface area contributed by atoms with E-state index in [9.17, 15) is 0 Å². The number of hydrogen-bond donors (Lipinski definition) is 1. The number of nitrogens with zero attached hydrogens (tertiary/aromatic N) is 2. The summed E-state index contributed by atoms with van der Waals surface area (Å²) < 4.78 is 0. The third-order valence-electron chi connectivity index (χ3n) is 3.47. The molecule has 0 radical (unpaired) electrons. The number of hydrogen-bond acceptors (Lipinski definition) is 3. The second kappa shape index (κ2) is 8.75. The molecule has 0 saturated heterocycles. The van der Waals surface area contributed by atoms with Crippen LogP contribution in [-0.2, 0) is 19.4 Å². The van der Waals surface area contributed by atoms with E-state index in [2.05, 4.69) is 46.5 Å². The summed E-state index contributed by atoms with van der Waals surface area (Å²) in [6.07, 6.45) is 5.71. The average molecular weight is 304 g/mol. The maximum Gasteiger partial charge on any atom is 0.135 e. The van der Waals surface area contributed by atoms with Crippen LogP contribution in [0, 0.1) is 0 Å². The molecule has 21 heavy (non-hydrogen) atoms. The molecule has 0 unspecified atom stereocenters. The Morgan fingerprint density at radius 3 is 2.67 bits per heavy atom. The van der Waals surface area contributed by atoms with Gasteiger partial charge in [-0.1, -0.05) is 55.3 Å². The number of aromatic nitrogens is 2. The second-order valence-electron chi connectivity index (χ2n) is 5.11. The minimum atomic E-state index is 0.595. The smallest absolute Gasteiger partial charge is 0.135 e. The van der Waals surface area contributed by atoms with Gasteiger partial charge in [0, 0.05) is 17.8 Å². The molecule has 1 aromatic carbocycles. The molecule has 2 aromatic rings. The SMILES string of the molecule is CCCCc1ncnc(Cl)c1CCNCc1ccccc1. The predicted molar refractivity (Wildman–Crippen MR) is 87.5 cm³/mol. The van der Waals surface area contributed by atoms with Crippen molar-refractivity contribution in [2.45, 2.75) is 39.2 Å². The first kappa shape index (κ1) is 15.9. The minimum Gasteiger partial charge on any atom is -0.312 e. The Hall–Kier alpha value is -1.45. The zero-order chi connectivity index (χ0) is 14.9. The van der Waals surface area contributed by atoms with Crippen molar-refractivity contribution < 1.29 is 0 Å². The lowest BCUT2D eigenvalue weighted by Crippen LogP contribution is -2.18. The summed E-state index contributed by atoms with van der Waals surface area (Å²) >= 11 is 6.23. The molecular formula is C17H22ClN3. The Bertz CT molecular complexity index is 543. The molecule has 2 rings (SSSR count). The van der Waals surface area contributed by atoms with Gasteiger partial charge in [-0.05, 0) is 31.4 Å². The van der Waals surface area contributed by atoms with Crippen LogP contribution in [0.25, 0.3) is 0 Å². The van der Waals surface area contributed by atoms with Crippen LogP contribution in [0.4, 0.5) is 0 Å². The number of unbranched alkanes of at least 4 members (excludes halogenated alkanes) is 1. The van der Waals surface area contributed by atoms with Gasteiger partial charge in [-0.15, -0.1) is 0 Å². The van der Waals surface area contributed by atoms with Crippen LogP contribution < -0.4 is 5.32 Å². The highest BCUT2D eigenvalue weighted by atomic mass is 35.5. The van der Waals surface area contributed by atoms with Crippen molar-refractivity contribution in [3.8, 4) is 0 Å². The van der Waals surface area contributed by atoms with Gasteiger partial charge in [0.05, 0.1) is 0 Å². The van der Waals surface area contributed by atoms with Gasteiger partial charge in [0.15, 0.2) is 0 Å². The van der Waals surface area contributed by atoms with E-state index in [1.807, 2.05) is 6.07 Å². The highest BCUT2D eigenvalue weighted by molar-refractivity contribution is 6.30. The Labute approximate surface area is 131 Å². The minimum absolute atomic E-state index is 0.595. The third kappa shape index (κ3) is 5.10. The van der Waals surface area contributed by atoms with Crippen LogP contribution in [0.15, 0.2) is 36.7 Å². The van der Waals surface area contributed by atoms with Crippen molar-refractivity contribution in [3.63, 3.8) is 0 Å². The molecule has 1 aromatic heterocycles. The summed E-state index contributed by atoms with van der Waals surface area (Å²) in [5, 5.41) is 4.04. The van der Waals surface area contributed by atoms with Gasteiger partial charge in [-0.3, -0.25) is 0 Å². The van der Waals surface area contributed by atoms with Crippen LogP contribution >= 0.6 is 11.6 Å². The largest absolute Gasteiger partial charge is 0.312 e. The molecule has 0 aliphatic rings. The molecule has 0 bridgehead atoms. The van der Waals surface area contributed by atoms with Crippen LogP contribution in [0.5, 0.6) is 0 Å². The van der Waals surface area contributed by atoms with E-state index in [0.717, 1.165) is 50.0 Å². The van der Waals surface area contributed by atoms with Gasteiger partial charge >= 0.3 is 0 Å². The molecule has 0 atom stereocenters. The van der Waals surface area contributed by atoms with Crippen molar-refractivity contribution in [1.82, 2.24) is 15.3 Å². The molecule has 0 saturated carbocycles. The van der Waals surface area contributed by atoms with Crippen LogP contribution in [0.3, 0.4) is 0 Å². The normalized spacial score (nSPS) is 10.8. The highest BCUT2D eigenvalue weighted by Crippen LogP contribution is 2.17. The van der Waals surface area contributed by atoms with Gasteiger partial charge in [0.1, 0.15) is 11.5 Å². The molecule has 3 nitrogen and oxygen atoms in total. The number of halogens is 1. The molecule has 112 valence electrons. The number of benzene rings is 1. The molecule has 0 aliphatic carbocycles. The van der Waals surface area contributed by atoms with E-state index in [4.69, 9.17) is 11.6 Å². The summed E-state index contributed by atoms with van der Waals surface area (Å²) in [5.41, 5.74) is 3.48. The fourth-order valence-electron chi connectivity index (χ4n) is 2.27. The molecular weight excluding hydrogens is 282 g/mol. The molecule has 1 heterocycles. The first-order chi connectivity index (χ1) is 10.3. The number of nitrogens with one attached hydrogen (secondary N) is 1. The Morgan fingerprint density at radius 1 is 1.10 bits per heavy atom. The molecule has 1 N–H and O–H groups in total. The van der Waals surface area contributed by atoms with E-state index in [1.165, 1.54) is 5.56 Å². The number of rotatable bonds is 8. The molecule has 4 heteroatoms. The van der Waals surface area contributed by atoms with Gasteiger partial charge < -0.3 is 5.32 Å². The average Bonchev–Trinajstić information content (AvgIpc) is 2.52. The van der Waals surface area contributed by atoms with Crippen LogP contribution in [0.2, 0.25) is 5.15 Å². The Balaban J connectivity index is 1.87. The topological polar surface area (TPSA) is 37.8 Å². The van der Waals surface area contributed by atoms with Crippen molar-refractivity contribution in [2.75, 3.05) is 6.54 Å². The standard InChI is InChI=1S/C17H22ClN3/c1-2-3-9-16-15(17(18)21-13-20-16)10-11-19-12-14-7-5-4-6-8-14/h4-8,13,19H,2-3,9-12H2,1H3. The molecule has 0 aliphatic heterocycles. The second-order valence-corrected chi connectivity index (χ2v) is 5.46. The van der Waals surface area contributed by atoms with Gasteiger partial charge in [0.25, 0.3) is 0 Å². The van der Waals surface area contributed by atoms with E-state index >= 15 is 0 Å². The van der Waals surface area contributed by atoms with Gasteiger partial charge in [-0.25, -0.2) is 9.97 Å². The predicted octanol–water partition coefficient (Wildman–Crippen LogP) is 3.80. The van der Waals surface area contributed by atoms with Crippen molar-refractivity contribution in [1.29, 1.82) is 0 Å². The zero-order valence-corrected chi connectivity index (χ0v) is 13.2. The van der Waals surface area contributed by atoms with E-state index in [0.29, 0.717) is 5.15 Å². The lowest BCUT2D eigenvalue weighted by Gasteiger charge is -2.10. The fourth-order valence-corrected chi connectivity index (χ4v) is 2.52. The maximum atomic E-state index is 6.23. The lowest BCUT2D eigenvalue weighted by atomic mass is 10.1. The lowest BCUT2D eigenvalue weighted by molar-refractivity contribution is 0.675. The third-order valence-corrected chi connectivity index (χ3v) is 3.80. The molecule has 0 spiro atoms. The summed E-state index contributed by atoms with van der Waals surface area (Å²) in [5.74, 6) is 0. The maximum absolute atomic E-state index is 6.23. The summed E-state index contributed by atoms with van der Waals surface area (Å²) in [4.78, 5) is 8.50. The fraction of sp³-hybridized carbons (Fsp3) is 0.412.